The Bertz CT molecular complexity index is 1180. The number of rotatable bonds is 7. The molecule has 1 heterocycles. The zero-order valence-corrected chi connectivity index (χ0v) is 28.3. The first-order valence-corrected chi connectivity index (χ1v) is 17.2. The average Bonchev–Trinajstić information content (AvgIpc) is 3.27. The smallest absolute Gasteiger partial charge is 0.330 e. The van der Waals surface area contributed by atoms with Crippen molar-refractivity contribution in [1.82, 2.24) is 0 Å². The minimum absolute atomic E-state index is 0.0507. The van der Waals surface area contributed by atoms with Crippen molar-refractivity contribution in [2.24, 2.45) is 50.7 Å². The van der Waals surface area contributed by atoms with Crippen molar-refractivity contribution < 1.29 is 39.4 Å². The third-order valence-corrected chi connectivity index (χ3v) is 15.0. The molecule has 6 rings (SSSR count). The predicted octanol–water partition coefficient (Wildman–Crippen LogP) is 4.76. The Morgan fingerprint density at radius 2 is 1.77 bits per heavy atom. The van der Waals surface area contributed by atoms with Gasteiger partial charge in [0.1, 0.15) is 17.8 Å². The quantitative estimate of drug-likeness (QED) is 0.238. The van der Waals surface area contributed by atoms with Gasteiger partial charge in [-0.3, -0.25) is 0 Å². The van der Waals surface area contributed by atoms with Crippen LogP contribution in [0.15, 0.2) is 11.6 Å². The van der Waals surface area contributed by atoms with Gasteiger partial charge >= 0.3 is 5.97 Å². The second kappa shape index (κ2) is 10.5. The molecule has 8 nitrogen and oxygen atoms in total. The maximum atomic E-state index is 12.7. The molecule has 0 bridgehead atoms. The van der Waals surface area contributed by atoms with Crippen LogP contribution in [0.5, 0.6) is 0 Å². The zero-order valence-electron chi connectivity index (χ0n) is 28.3. The van der Waals surface area contributed by atoms with Gasteiger partial charge in [-0.05, 0) is 113 Å². The van der Waals surface area contributed by atoms with Crippen LogP contribution in [-0.4, -0.2) is 76.4 Å². The van der Waals surface area contributed by atoms with Gasteiger partial charge in [0.25, 0.3) is 0 Å². The van der Waals surface area contributed by atoms with Crippen molar-refractivity contribution in [2.75, 3.05) is 13.7 Å². The first-order valence-electron chi connectivity index (χ1n) is 17.2. The lowest BCUT2D eigenvalue weighted by Crippen LogP contribution is -2.66. The second-order valence-corrected chi connectivity index (χ2v) is 17.4. The van der Waals surface area contributed by atoms with Crippen LogP contribution in [0.3, 0.4) is 0 Å². The summed E-state index contributed by atoms with van der Waals surface area (Å²) >= 11 is 0. The number of methoxy groups -OCH3 is 1. The molecule has 1 saturated heterocycles. The summed E-state index contributed by atoms with van der Waals surface area (Å²) in [5, 5.41) is 43.5. The van der Waals surface area contributed by atoms with Gasteiger partial charge in [-0.1, -0.05) is 33.3 Å². The minimum Gasteiger partial charge on any atom is -0.459 e. The van der Waals surface area contributed by atoms with Crippen LogP contribution in [0.4, 0.5) is 0 Å². The summed E-state index contributed by atoms with van der Waals surface area (Å²) in [7, 11) is 1.66. The number of carbonyl (C=O) groups is 1. The molecule has 0 aromatic carbocycles. The van der Waals surface area contributed by atoms with Gasteiger partial charge in [0.15, 0.2) is 6.29 Å². The standard InChI is InChI=1S/C36H58O8/c1-20(2)15-28(39)44-27-11-12-32(5)24-10-13-35-18-36(35,34(24,7)26(38)17-25(32)31(27,3)4)14-9-22(35)21-16-23(43-30(21)42-8)29(40)33(6,41)19-37/h15,21-27,29-30,37-38,40-41H,9-14,16-19H2,1-8H3/t21-,22-,23+,24+,25-,26+,27-,29?,30+,32+,33?,34-,35+,36+/m0/s1. The lowest BCUT2D eigenvalue weighted by Gasteiger charge is -2.68. The lowest BCUT2D eigenvalue weighted by atomic mass is 9.37. The van der Waals surface area contributed by atoms with Crippen molar-refractivity contribution in [1.29, 1.82) is 0 Å². The largest absolute Gasteiger partial charge is 0.459 e. The zero-order chi connectivity index (χ0) is 32.3. The molecule has 0 aromatic rings. The van der Waals surface area contributed by atoms with E-state index in [2.05, 4.69) is 27.7 Å². The first-order chi connectivity index (χ1) is 20.4. The van der Waals surface area contributed by atoms with E-state index >= 15 is 0 Å². The highest BCUT2D eigenvalue weighted by Crippen LogP contribution is 2.91. The lowest BCUT2D eigenvalue weighted by molar-refractivity contribution is -0.245. The third-order valence-electron chi connectivity index (χ3n) is 15.0. The van der Waals surface area contributed by atoms with Gasteiger partial charge in [-0.15, -0.1) is 0 Å². The van der Waals surface area contributed by atoms with Gasteiger partial charge in [-0.25, -0.2) is 4.79 Å². The molecular formula is C36H58O8. The van der Waals surface area contributed by atoms with E-state index in [4.69, 9.17) is 14.2 Å². The molecule has 6 fully saturated rings. The number of hydrogen-bond donors (Lipinski definition) is 4. The molecule has 8 heteroatoms. The summed E-state index contributed by atoms with van der Waals surface area (Å²) in [5.74, 6) is 0.834. The molecular weight excluding hydrogens is 560 g/mol. The number of aliphatic hydroxyl groups is 4. The van der Waals surface area contributed by atoms with Crippen LogP contribution in [0.2, 0.25) is 0 Å². The van der Waals surface area contributed by atoms with Crippen LogP contribution >= 0.6 is 0 Å². The number of carbonyl (C=O) groups excluding carboxylic acids is 1. The average molecular weight is 619 g/mol. The molecule has 0 aromatic heterocycles. The first kappa shape index (κ1) is 32.9. The molecule has 0 spiro atoms. The van der Waals surface area contributed by atoms with E-state index < -0.39 is 36.8 Å². The van der Waals surface area contributed by atoms with E-state index in [-0.39, 0.29) is 51.0 Å². The number of aliphatic hydroxyl groups excluding tert-OH is 3. The molecule has 0 amide bonds. The van der Waals surface area contributed by atoms with Crippen LogP contribution in [-0.2, 0) is 19.0 Å². The van der Waals surface area contributed by atoms with Gasteiger partial charge < -0.3 is 34.6 Å². The van der Waals surface area contributed by atoms with Gasteiger partial charge in [0.2, 0.25) is 0 Å². The van der Waals surface area contributed by atoms with Gasteiger partial charge in [0, 0.05) is 29.9 Å². The monoisotopic (exact) mass is 618 g/mol. The molecule has 44 heavy (non-hydrogen) atoms. The maximum absolute atomic E-state index is 12.7. The van der Waals surface area contributed by atoms with Crippen LogP contribution < -0.4 is 0 Å². The predicted molar refractivity (Wildman–Crippen MR) is 165 cm³/mol. The number of allylic oxidation sites excluding steroid dienone is 1. The Hall–Kier alpha value is -1.03. The highest BCUT2D eigenvalue weighted by atomic mass is 16.7. The molecule has 5 saturated carbocycles. The number of ether oxygens (including phenoxy) is 3. The molecule has 14 atom stereocenters. The van der Waals surface area contributed by atoms with Crippen LogP contribution in [0.1, 0.15) is 106 Å². The molecule has 6 aliphatic rings. The fourth-order valence-electron chi connectivity index (χ4n) is 12.9. The highest BCUT2D eigenvalue weighted by Gasteiger charge is 2.86. The molecule has 5 aliphatic carbocycles. The fourth-order valence-corrected chi connectivity index (χ4v) is 12.9. The molecule has 2 unspecified atom stereocenters. The van der Waals surface area contributed by atoms with E-state index in [9.17, 15) is 25.2 Å². The number of hydrogen-bond acceptors (Lipinski definition) is 8. The SMILES string of the molecule is CO[C@@H]1O[C@@H](C(O)C(C)(O)CO)C[C@H]1[C@@H]1CC[C@]23C[C@]12CC[C@@H]1[C@@]2(C)CC[C@H](OC(=O)C=C(C)C)C(C)(C)[C@@H]2C[C@@H](O)[C@]13C. The summed E-state index contributed by atoms with van der Waals surface area (Å²) in [5.41, 5.74) is -0.902. The summed E-state index contributed by atoms with van der Waals surface area (Å²) in [6.45, 7) is 14.1. The Balaban J connectivity index is 1.26. The van der Waals surface area contributed by atoms with Crippen molar-refractivity contribution in [3.8, 4) is 0 Å². The van der Waals surface area contributed by atoms with Crippen LogP contribution in [0.25, 0.3) is 0 Å². The van der Waals surface area contributed by atoms with E-state index in [1.165, 1.54) is 6.92 Å². The van der Waals surface area contributed by atoms with Crippen LogP contribution in [0, 0.1) is 50.7 Å². The fraction of sp³-hybridized carbons (Fsp3) is 0.917. The van der Waals surface area contributed by atoms with Crippen molar-refractivity contribution in [3.63, 3.8) is 0 Å². The van der Waals surface area contributed by atoms with Gasteiger partial charge in [0.05, 0.1) is 18.8 Å². The Labute approximate surface area is 263 Å². The highest BCUT2D eigenvalue weighted by molar-refractivity contribution is 5.82. The van der Waals surface area contributed by atoms with Crippen molar-refractivity contribution >= 4 is 5.97 Å². The van der Waals surface area contributed by atoms with E-state index in [0.29, 0.717) is 18.3 Å². The summed E-state index contributed by atoms with van der Waals surface area (Å²) in [6.07, 6.45) is 7.35. The topological polar surface area (TPSA) is 126 Å². The summed E-state index contributed by atoms with van der Waals surface area (Å²) in [4.78, 5) is 12.7. The third kappa shape index (κ3) is 4.26. The van der Waals surface area contributed by atoms with Crippen molar-refractivity contribution in [3.05, 3.63) is 11.6 Å². The van der Waals surface area contributed by atoms with E-state index in [1.54, 1.807) is 13.2 Å². The Kier molecular flexibility index (Phi) is 7.84. The minimum atomic E-state index is -1.64. The van der Waals surface area contributed by atoms with Gasteiger partial charge in [-0.2, -0.15) is 0 Å². The second-order valence-electron chi connectivity index (χ2n) is 17.4. The van der Waals surface area contributed by atoms with E-state index in [1.807, 2.05) is 13.8 Å². The van der Waals surface area contributed by atoms with Crippen molar-refractivity contribution in [2.45, 2.75) is 143 Å². The summed E-state index contributed by atoms with van der Waals surface area (Å²) < 4.78 is 18.2. The molecule has 1 aliphatic heterocycles. The van der Waals surface area contributed by atoms with E-state index in [0.717, 1.165) is 56.9 Å². The number of fused-ring (bicyclic) bond motifs is 3. The molecule has 250 valence electrons. The summed E-state index contributed by atoms with van der Waals surface area (Å²) in [6, 6.07) is 0. The molecule has 4 N–H and O–H groups in total. The Morgan fingerprint density at radius 3 is 2.41 bits per heavy atom. The normalized spacial score (nSPS) is 50.7. The Morgan fingerprint density at radius 1 is 1.07 bits per heavy atom. The number of esters is 1. The molecule has 0 radical (unpaired) electrons. The maximum Gasteiger partial charge on any atom is 0.330 e.